The van der Waals surface area contributed by atoms with E-state index in [0.29, 0.717) is 5.75 Å². The van der Waals surface area contributed by atoms with Crippen LogP contribution in [0.5, 0.6) is 0 Å². The Labute approximate surface area is 79.3 Å². The molecule has 0 bridgehead atoms. The quantitative estimate of drug-likeness (QED) is 0.598. The Balaban J connectivity index is 2.11. The molecule has 1 unspecified atom stereocenters. The number of nitrogens with one attached hydrogen (secondary N) is 1. The molecule has 0 radical (unpaired) electrons. The molecule has 13 heavy (non-hydrogen) atoms. The summed E-state index contributed by atoms with van der Waals surface area (Å²) in [5, 5.41) is 11.7. The molecule has 1 atom stereocenters. The highest BCUT2D eigenvalue weighted by Crippen LogP contribution is 2.10. The van der Waals surface area contributed by atoms with Crippen LogP contribution in [0.2, 0.25) is 0 Å². The van der Waals surface area contributed by atoms with Crippen LogP contribution >= 0.6 is 0 Å². The van der Waals surface area contributed by atoms with Gasteiger partial charge in [0.15, 0.2) is 9.84 Å². The largest absolute Gasteiger partial charge is 0.396 e. The highest BCUT2D eigenvalue weighted by molar-refractivity contribution is 7.91. The molecule has 0 amide bonds. The number of aliphatic hydroxyl groups is 1. The third-order valence-corrected chi connectivity index (χ3v) is 4.02. The Kier molecular flexibility index (Phi) is 4.15. The number of unbranched alkanes of at least 4 members (excludes halogenated alkanes) is 1. The first-order valence-corrected chi connectivity index (χ1v) is 6.51. The third kappa shape index (κ3) is 4.06. The zero-order chi connectivity index (χ0) is 9.73. The smallest absolute Gasteiger partial charge is 0.151 e. The highest BCUT2D eigenvalue weighted by Gasteiger charge is 2.26. The van der Waals surface area contributed by atoms with Crippen molar-refractivity contribution in [3.8, 4) is 0 Å². The Bertz CT molecular complexity index is 238. The van der Waals surface area contributed by atoms with Gasteiger partial charge in [-0.15, -0.1) is 0 Å². The van der Waals surface area contributed by atoms with Gasteiger partial charge in [0.1, 0.15) is 0 Å². The van der Waals surface area contributed by atoms with Gasteiger partial charge in [-0.2, -0.15) is 0 Å². The lowest BCUT2D eigenvalue weighted by Gasteiger charge is -2.09. The Morgan fingerprint density at radius 1 is 1.38 bits per heavy atom. The number of aliphatic hydroxyl groups excluding tert-OH is 1. The fourth-order valence-electron chi connectivity index (χ4n) is 1.50. The maximum absolute atomic E-state index is 11.0. The topological polar surface area (TPSA) is 66.4 Å². The second-order valence-electron chi connectivity index (χ2n) is 3.48. The summed E-state index contributed by atoms with van der Waals surface area (Å²) in [5.41, 5.74) is 0. The van der Waals surface area contributed by atoms with Crippen molar-refractivity contribution in [1.82, 2.24) is 5.32 Å². The molecule has 1 rings (SSSR count). The number of rotatable bonds is 5. The summed E-state index contributed by atoms with van der Waals surface area (Å²) < 4.78 is 22.1. The van der Waals surface area contributed by atoms with E-state index in [-0.39, 0.29) is 18.4 Å². The van der Waals surface area contributed by atoms with Crippen molar-refractivity contribution in [3.05, 3.63) is 0 Å². The first-order chi connectivity index (χ1) is 6.14. The molecule has 4 nitrogen and oxygen atoms in total. The van der Waals surface area contributed by atoms with E-state index in [1.54, 1.807) is 0 Å². The molecule has 78 valence electrons. The molecule has 1 fully saturated rings. The predicted molar refractivity (Wildman–Crippen MR) is 51.4 cm³/mol. The van der Waals surface area contributed by atoms with Crippen LogP contribution < -0.4 is 5.32 Å². The molecule has 0 aliphatic carbocycles. The molecule has 2 N–H and O–H groups in total. The van der Waals surface area contributed by atoms with Crippen molar-refractivity contribution < 1.29 is 13.5 Å². The van der Waals surface area contributed by atoms with E-state index in [4.69, 9.17) is 5.11 Å². The maximum Gasteiger partial charge on any atom is 0.151 e. The molecule has 1 heterocycles. The van der Waals surface area contributed by atoms with E-state index in [9.17, 15) is 8.42 Å². The summed E-state index contributed by atoms with van der Waals surface area (Å²) in [6.07, 6.45) is 2.43. The zero-order valence-corrected chi connectivity index (χ0v) is 8.52. The van der Waals surface area contributed by atoms with Crippen molar-refractivity contribution in [2.75, 3.05) is 24.7 Å². The average molecular weight is 207 g/mol. The van der Waals surface area contributed by atoms with E-state index in [2.05, 4.69) is 5.32 Å². The third-order valence-electron chi connectivity index (χ3n) is 2.25. The fourth-order valence-corrected chi connectivity index (χ4v) is 3.21. The summed E-state index contributed by atoms with van der Waals surface area (Å²) in [6, 6.07) is 0.142. The summed E-state index contributed by atoms with van der Waals surface area (Å²) in [4.78, 5) is 0. The van der Waals surface area contributed by atoms with E-state index >= 15 is 0 Å². The lowest BCUT2D eigenvalue weighted by Crippen LogP contribution is -2.30. The van der Waals surface area contributed by atoms with Crippen molar-refractivity contribution >= 4 is 9.84 Å². The maximum atomic E-state index is 11.0. The molecule has 0 spiro atoms. The van der Waals surface area contributed by atoms with Crippen LogP contribution in [0, 0.1) is 0 Å². The Morgan fingerprint density at radius 2 is 2.15 bits per heavy atom. The Morgan fingerprint density at radius 3 is 2.69 bits per heavy atom. The van der Waals surface area contributed by atoms with Crippen molar-refractivity contribution in [2.24, 2.45) is 0 Å². The van der Waals surface area contributed by atoms with Crippen LogP contribution in [-0.2, 0) is 9.84 Å². The standard InChI is InChI=1S/C8H17NO3S/c10-5-2-1-4-9-8-3-6-13(11,12)7-8/h8-10H,1-7H2. The molecule has 1 saturated heterocycles. The van der Waals surface area contributed by atoms with Crippen molar-refractivity contribution in [3.63, 3.8) is 0 Å². The monoisotopic (exact) mass is 207 g/mol. The van der Waals surface area contributed by atoms with Crippen LogP contribution in [0.15, 0.2) is 0 Å². The summed E-state index contributed by atoms with van der Waals surface area (Å²) >= 11 is 0. The Hall–Kier alpha value is -0.130. The van der Waals surface area contributed by atoms with Gasteiger partial charge in [0.25, 0.3) is 0 Å². The van der Waals surface area contributed by atoms with Gasteiger partial charge in [0.2, 0.25) is 0 Å². The zero-order valence-electron chi connectivity index (χ0n) is 7.70. The molecule has 5 heteroatoms. The van der Waals surface area contributed by atoms with Gasteiger partial charge < -0.3 is 10.4 Å². The summed E-state index contributed by atoms with van der Waals surface area (Å²) in [7, 11) is -2.75. The van der Waals surface area contributed by atoms with Gasteiger partial charge in [0.05, 0.1) is 11.5 Å². The normalized spacial score (nSPS) is 26.4. The molecule has 1 aliphatic rings. The van der Waals surface area contributed by atoms with Crippen LogP contribution in [0.4, 0.5) is 0 Å². The van der Waals surface area contributed by atoms with Crippen LogP contribution in [0.25, 0.3) is 0 Å². The summed E-state index contributed by atoms with van der Waals surface area (Å²) in [6.45, 7) is 1.02. The SMILES string of the molecule is O=S1(=O)CCC(NCCCCO)C1. The first-order valence-electron chi connectivity index (χ1n) is 4.69. The van der Waals surface area contributed by atoms with E-state index < -0.39 is 9.84 Å². The van der Waals surface area contributed by atoms with Gasteiger partial charge in [-0.05, 0) is 25.8 Å². The molecular formula is C8H17NO3S. The first kappa shape index (κ1) is 10.9. The number of hydrogen-bond acceptors (Lipinski definition) is 4. The average Bonchev–Trinajstić information content (AvgIpc) is 2.40. The fraction of sp³-hybridized carbons (Fsp3) is 1.00. The summed E-state index contributed by atoms with van der Waals surface area (Å²) in [5.74, 6) is 0.608. The minimum atomic E-state index is -2.75. The van der Waals surface area contributed by atoms with Crippen molar-refractivity contribution in [1.29, 1.82) is 0 Å². The van der Waals surface area contributed by atoms with Gasteiger partial charge in [-0.25, -0.2) is 8.42 Å². The second kappa shape index (κ2) is 4.93. The minimum absolute atomic E-state index is 0.142. The molecule has 0 aromatic carbocycles. The van der Waals surface area contributed by atoms with Gasteiger partial charge in [-0.3, -0.25) is 0 Å². The van der Waals surface area contributed by atoms with E-state index in [1.165, 1.54) is 0 Å². The molecule has 0 aromatic rings. The number of sulfone groups is 1. The molecule has 0 aromatic heterocycles. The van der Waals surface area contributed by atoms with E-state index in [0.717, 1.165) is 25.8 Å². The van der Waals surface area contributed by atoms with Crippen LogP contribution in [0.1, 0.15) is 19.3 Å². The van der Waals surface area contributed by atoms with Gasteiger partial charge in [-0.1, -0.05) is 0 Å². The second-order valence-corrected chi connectivity index (χ2v) is 5.71. The van der Waals surface area contributed by atoms with E-state index in [1.807, 2.05) is 0 Å². The molecule has 0 saturated carbocycles. The minimum Gasteiger partial charge on any atom is -0.396 e. The van der Waals surface area contributed by atoms with Gasteiger partial charge >= 0.3 is 0 Å². The molecular weight excluding hydrogens is 190 g/mol. The predicted octanol–water partition coefficient (Wildman–Crippen LogP) is -0.464. The van der Waals surface area contributed by atoms with Crippen molar-refractivity contribution in [2.45, 2.75) is 25.3 Å². The molecule has 1 aliphatic heterocycles. The lowest BCUT2D eigenvalue weighted by molar-refractivity contribution is 0.283. The van der Waals surface area contributed by atoms with Gasteiger partial charge in [0, 0.05) is 12.6 Å². The van der Waals surface area contributed by atoms with Crippen LogP contribution in [0.3, 0.4) is 0 Å². The number of hydrogen-bond donors (Lipinski definition) is 2. The van der Waals surface area contributed by atoms with Crippen LogP contribution in [-0.4, -0.2) is 44.2 Å². The lowest BCUT2D eigenvalue weighted by atomic mass is 10.2. The highest BCUT2D eigenvalue weighted by atomic mass is 32.2.